The van der Waals surface area contributed by atoms with Crippen LogP contribution in [0.15, 0.2) is 21.5 Å². The molecule has 0 fully saturated rings. The average molecular weight is 314 g/mol. The van der Waals surface area contributed by atoms with Gasteiger partial charge in [0.25, 0.3) is 5.56 Å². The van der Waals surface area contributed by atoms with Gasteiger partial charge in [0.1, 0.15) is 0 Å². The number of aromatic nitrogens is 1. The summed E-state index contributed by atoms with van der Waals surface area (Å²) in [5, 5.41) is 0. The minimum atomic E-state index is 0.0706. The van der Waals surface area contributed by atoms with Crippen LogP contribution in [0.3, 0.4) is 0 Å². The molecule has 0 bridgehead atoms. The molecule has 102 valence electrons. The van der Waals surface area contributed by atoms with Crippen molar-refractivity contribution >= 4 is 15.9 Å². The molecule has 1 aromatic heterocycles. The number of halogens is 1. The molecule has 1 aromatic rings. The lowest BCUT2D eigenvalue weighted by Crippen LogP contribution is -2.17. The Labute approximate surface area is 119 Å². The SMILES string of the molecule is CCCC[C@H](C)CC(C)c1cc(=O)n(C)cc1Br. The van der Waals surface area contributed by atoms with E-state index in [0.29, 0.717) is 5.92 Å². The number of hydrogen-bond acceptors (Lipinski definition) is 1. The van der Waals surface area contributed by atoms with Gasteiger partial charge in [-0.15, -0.1) is 0 Å². The highest BCUT2D eigenvalue weighted by Crippen LogP contribution is 2.29. The zero-order chi connectivity index (χ0) is 13.7. The number of nitrogens with zero attached hydrogens (tertiary/aromatic N) is 1. The minimum absolute atomic E-state index is 0.0706. The third-order valence-electron chi connectivity index (χ3n) is 3.55. The topological polar surface area (TPSA) is 22.0 Å². The first-order chi connectivity index (χ1) is 8.45. The van der Waals surface area contributed by atoms with Gasteiger partial charge < -0.3 is 4.57 Å². The van der Waals surface area contributed by atoms with Crippen LogP contribution in [0.25, 0.3) is 0 Å². The minimum Gasteiger partial charge on any atom is -0.317 e. The molecule has 1 unspecified atom stereocenters. The third kappa shape index (κ3) is 4.27. The quantitative estimate of drug-likeness (QED) is 0.759. The van der Waals surface area contributed by atoms with Gasteiger partial charge in [0.05, 0.1) is 0 Å². The second-order valence-corrected chi connectivity index (χ2v) is 6.26. The van der Waals surface area contributed by atoms with Crippen LogP contribution >= 0.6 is 15.9 Å². The van der Waals surface area contributed by atoms with Crippen LogP contribution < -0.4 is 5.56 Å². The van der Waals surface area contributed by atoms with E-state index in [9.17, 15) is 4.79 Å². The van der Waals surface area contributed by atoms with Crippen molar-refractivity contribution in [1.29, 1.82) is 0 Å². The first-order valence-electron chi connectivity index (χ1n) is 6.81. The zero-order valence-corrected chi connectivity index (χ0v) is 13.5. The van der Waals surface area contributed by atoms with Crippen molar-refractivity contribution in [2.75, 3.05) is 0 Å². The number of unbranched alkanes of at least 4 members (excludes halogenated alkanes) is 1. The molecule has 0 aromatic carbocycles. The molecule has 0 saturated carbocycles. The Hall–Kier alpha value is -0.570. The maximum Gasteiger partial charge on any atom is 0.250 e. The summed E-state index contributed by atoms with van der Waals surface area (Å²) in [5.41, 5.74) is 1.21. The summed E-state index contributed by atoms with van der Waals surface area (Å²) in [5.74, 6) is 1.15. The molecule has 2 nitrogen and oxygen atoms in total. The summed E-state index contributed by atoms with van der Waals surface area (Å²) in [6.45, 7) is 6.75. The molecule has 0 aliphatic heterocycles. The number of aryl methyl sites for hydroxylation is 1. The smallest absolute Gasteiger partial charge is 0.250 e. The van der Waals surface area contributed by atoms with Crippen LogP contribution in [0.1, 0.15) is 57.9 Å². The Balaban J connectivity index is 2.75. The van der Waals surface area contributed by atoms with Crippen LogP contribution in [0, 0.1) is 5.92 Å². The maximum atomic E-state index is 11.7. The average Bonchev–Trinajstić information content (AvgIpc) is 2.31. The van der Waals surface area contributed by atoms with Crippen LogP contribution in [0.4, 0.5) is 0 Å². The van der Waals surface area contributed by atoms with Gasteiger partial charge in [0.15, 0.2) is 0 Å². The molecule has 1 heterocycles. The third-order valence-corrected chi connectivity index (χ3v) is 4.21. The molecule has 0 aliphatic carbocycles. The van der Waals surface area contributed by atoms with Crippen molar-refractivity contribution in [1.82, 2.24) is 4.57 Å². The molecule has 1 rings (SSSR count). The molecule has 0 saturated heterocycles. The fraction of sp³-hybridized carbons (Fsp3) is 0.667. The molecule has 0 N–H and O–H groups in total. The molecule has 0 radical (unpaired) electrons. The predicted molar refractivity (Wildman–Crippen MR) is 81.1 cm³/mol. The van der Waals surface area contributed by atoms with Gasteiger partial charge in [-0.2, -0.15) is 0 Å². The largest absolute Gasteiger partial charge is 0.317 e. The summed E-state index contributed by atoms with van der Waals surface area (Å²) in [7, 11) is 1.78. The fourth-order valence-corrected chi connectivity index (χ4v) is 3.20. The van der Waals surface area contributed by atoms with Crippen molar-refractivity contribution in [2.45, 2.75) is 52.4 Å². The van der Waals surface area contributed by atoms with E-state index < -0.39 is 0 Å². The van der Waals surface area contributed by atoms with E-state index in [4.69, 9.17) is 0 Å². The Bertz CT molecular complexity index is 439. The molecular weight excluding hydrogens is 290 g/mol. The van der Waals surface area contributed by atoms with Crippen molar-refractivity contribution in [2.24, 2.45) is 13.0 Å². The summed E-state index contributed by atoms with van der Waals surface area (Å²) >= 11 is 3.56. The van der Waals surface area contributed by atoms with Crippen molar-refractivity contribution in [3.63, 3.8) is 0 Å². The summed E-state index contributed by atoms with van der Waals surface area (Å²) in [4.78, 5) is 11.7. The van der Waals surface area contributed by atoms with Crippen molar-refractivity contribution in [3.8, 4) is 0 Å². The number of rotatable bonds is 6. The van der Waals surface area contributed by atoms with E-state index >= 15 is 0 Å². The van der Waals surface area contributed by atoms with Crippen molar-refractivity contribution in [3.05, 3.63) is 32.7 Å². The first kappa shape index (κ1) is 15.5. The Morgan fingerprint density at radius 1 is 1.39 bits per heavy atom. The van der Waals surface area contributed by atoms with E-state index in [1.54, 1.807) is 17.7 Å². The van der Waals surface area contributed by atoms with Crippen LogP contribution in [0.5, 0.6) is 0 Å². The van der Waals surface area contributed by atoms with E-state index in [-0.39, 0.29) is 5.56 Å². The maximum absolute atomic E-state index is 11.7. The first-order valence-corrected chi connectivity index (χ1v) is 7.61. The van der Waals surface area contributed by atoms with Crippen LogP contribution in [0.2, 0.25) is 0 Å². The zero-order valence-electron chi connectivity index (χ0n) is 11.9. The molecule has 0 spiro atoms. The highest BCUT2D eigenvalue weighted by molar-refractivity contribution is 9.10. The van der Waals surface area contributed by atoms with Crippen LogP contribution in [-0.2, 0) is 7.05 Å². The van der Waals surface area contributed by atoms with Gasteiger partial charge in [-0.1, -0.05) is 40.0 Å². The van der Waals surface area contributed by atoms with Crippen molar-refractivity contribution < 1.29 is 0 Å². The summed E-state index contributed by atoms with van der Waals surface area (Å²) < 4.78 is 2.65. The molecule has 0 aliphatic rings. The second kappa shape index (κ2) is 7.13. The van der Waals surface area contributed by atoms with Gasteiger partial charge in [0.2, 0.25) is 0 Å². The molecule has 18 heavy (non-hydrogen) atoms. The van der Waals surface area contributed by atoms with Gasteiger partial charge in [-0.3, -0.25) is 4.79 Å². The Morgan fingerprint density at radius 2 is 2.06 bits per heavy atom. The Morgan fingerprint density at radius 3 is 2.67 bits per heavy atom. The van der Waals surface area contributed by atoms with Gasteiger partial charge in [-0.25, -0.2) is 0 Å². The molecule has 0 amide bonds. The standard InChI is InChI=1S/C15H24BrNO/c1-5-6-7-11(2)8-12(3)13-9-15(18)17(4)10-14(13)16/h9-12H,5-8H2,1-4H3/t11-,12?/m0/s1. The van der Waals surface area contributed by atoms with E-state index in [1.165, 1.54) is 19.3 Å². The van der Waals surface area contributed by atoms with Crippen LogP contribution in [-0.4, -0.2) is 4.57 Å². The lowest BCUT2D eigenvalue weighted by molar-refractivity contribution is 0.437. The van der Waals surface area contributed by atoms with E-state index in [1.807, 2.05) is 6.20 Å². The Kier molecular flexibility index (Phi) is 6.13. The molecule has 3 heteroatoms. The predicted octanol–water partition coefficient (Wildman–Crippen LogP) is 4.47. The highest BCUT2D eigenvalue weighted by atomic mass is 79.9. The fourth-order valence-electron chi connectivity index (χ4n) is 2.39. The lowest BCUT2D eigenvalue weighted by atomic mass is 9.89. The number of pyridine rings is 1. The lowest BCUT2D eigenvalue weighted by Gasteiger charge is -2.18. The summed E-state index contributed by atoms with van der Waals surface area (Å²) in [6, 6.07) is 1.77. The van der Waals surface area contributed by atoms with Gasteiger partial charge in [0, 0.05) is 23.8 Å². The van der Waals surface area contributed by atoms with E-state index in [2.05, 4.69) is 36.7 Å². The number of hydrogen-bond donors (Lipinski definition) is 0. The second-order valence-electron chi connectivity index (χ2n) is 5.41. The summed E-state index contributed by atoms with van der Waals surface area (Å²) in [6.07, 6.45) is 6.85. The molecular formula is C15H24BrNO. The monoisotopic (exact) mass is 313 g/mol. The normalized spacial score (nSPS) is 14.5. The van der Waals surface area contributed by atoms with Gasteiger partial charge >= 0.3 is 0 Å². The van der Waals surface area contributed by atoms with Gasteiger partial charge in [-0.05, 0) is 39.8 Å². The van der Waals surface area contributed by atoms with E-state index in [0.717, 1.165) is 22.4 Å². The molecule has 2 atom stereocenters. The highest BCUT2D eigenvalue weighted by Gasteiger charge is 2.14.